The van der Waals surface area contributed by atoms with Gasteiger partial charge in [-0.2, -0.15) is 0 Å². The minimum Gasteiger partial charge on any atom is -0.475 e. The molecule has 0 aliphatic rings. The number of nitrogens with zero attached hydrogens (tertiary/aromatic N) is 1. The molecule has 0 aromatic carbocycles. The van der Waals surface area contributed by atoms with Crippen LogP contribution in [0.15, 0.2) is 18.3 Å². The van der Waals surface area contributed by atoms with Gasteiger partial charge in [0, 0.05) is 12.8 Å². The fourth-order valence-corrected chi connectivity index (χ4v) is 1.23. The van der Waals surface area contributed by atoms with E-state index in [9.17, 15) is 0 Å². The number of nitrogens with one attached hydrogen (secondary N) is 1. The molecule has 0 aliphatic heterocycles. The van der Waals surface area contributed by atoms with Crippen molar-refractivity contribution >= 4 is 5.84 Å². The SMILES string of the molecule is CC(C)COCCOc1ncccc1C(=N)N. The molecule has 5 nitrogen and oxygen atoms in total. The van der Waals surface area contributed by atoms with Crippen molar-refractivity contribution in [1.82, 2.24) is 4.98 Å². The van der Waals surface area contributed by atoms with Gasteiger partial charge >= 0.3 is 0 Å². The Morgan fingerprint density at radius 1 is 1.47 bits per heavy atom. The lowest BCUT2D eigenvalue weighted by molar-refractivity contribution is 0.0805. The largest absolute Gasteiger partial charge is 0.475 e. The van der Waals surface area contributed by atoms with Gasteiger partial charge in [0.05, 0.1) is 12.2 Å². The number of nitrogen functional groups attached to an aromatic ring is 1. The standard InChI is InChI=1S/C12H19N3O2/c1-9(2)8-16-6-7-17-12-10(11(13)14)4-3-5-15-12/h3-5,9H,6-8H2,1-2H3,(H3,13,14). The van der Waals surface area contributed by atoms with Gasteiger partial charge in [-0.25, -0.2) is 4.98 Å². The summed E-state index contributed by atoms with van der Waals surface area (Å²) in [6, 6.07) is 3.43. The molecule has 0 unspecified atom stereocenters. The quantitative estimate of drug-likeness (QED) is 0.427. The van der Waals surface area contributed by atoms with Crippen molar-refractivity contribution in [3.8, 4) is 5.88 Å². The summed E-state index contributed by atoms with van der Waals surface area (Å²) in [6.45, 7) is 5.81. The zero-order chi connectivity index (χ0) is 12.7. The van der Waals surface area contributed by atoms with Crippen LogP contribution in [0, 0.1) is 11.3 Å². The van der Waals surface area contributed by atoms with Crippen molar-refractivity contribution in [3.05, 3.63) is 23.9 Å². The first-order valence-corrected chi connectivity index (χ1v) is 5.61. The average Bonchev–Trinajstić information content (AvgIpc) is 2.28. The van der Waals surface area contributed by atoms with E-state index >= 15 is 0 Å². The van der Waals surface area contributed by atoms with Crippen molar-refractivity contribution < 1.29 is 9.47 Å². The van der Waals surface area contributed by atoms with Crippen LogP contribution in [-0.2, 0) is 4.74 Å². The molecule has 0 spiro atoms. The van der Waals surface area contributed by atoms with Crippen LogP contribution in [0.4, 0.5) is 0 Å². The van der Waals surface area contributed by atoms with Crippen molar-refractivity contribution in [2.24, 2.45) is 11.7 Å². The fourth-order valence-electron chi connectivity index (χ4n) is 1.23. The number of nitrogens with two attached hydrogens (primary N) is 1. The Hall–Kier alpha value is -1.62. The summed E-state index contributed by atoms with van der Waals surface area (Å²) in [5.74, 6) is 0.849. The number of hydrogen-bond acceptors (Lipinski definition) is 4. The number of aromatic nitrogens is 1. The molecule has 1 aromatic rings. The number of ether oxygens (including phenoxy) is 2. The number of rotatable bonds is 7. The van der Waals surface area contributed by atoms with E-state index in [-0.39, 0.29) is 5.84 Å². The maximum atomic E-state index is 7.38. The highest BCUT2D eigenvalue weighted by Gasteiger charge is 2.06. The highest BCUT2D eigenvalue weighted by Crippen LogP contribution is 2.12. The Bertz CT molecular complexity index is 367. The molecule has 0 aliphatic carbocycles. The van der Waals surface area contributed by atoms with Gasteiger partial charge in [-0.3, -0.25) is 5.41 Å². The van der Waals surface area contributed by atoms with Crippen LogP contribution in [-0.4, -0.2) is 30.6 Å². The van der Waals surface area contributed by atoms with E-state index in [1.807, 2.05) is 0 Å². The van der Waals surface area contributed by atoms with E-state index in [0.29, 0.717) is 37.2 Å². The normalized spacial score (nSPS) is 10.5. The molecule has 17 heavy (non-hydrogen) atoms. The molecule has 0 saturated carbocycles. The number of hydrogen-bond donors (Lipinski definition) is 2. The van der Waals surface area contributed by atoms with E-state index in [1.54, 1.807) is 18.3 Å². The molecule has 94 valence electrons. The van der Waals surface area contributed by atoms with Crippen molar-refractivity contribution in [2.45, 2.75) is 13.8 Å². The molecule has 1 heterocycles. The maximum absolute atomic E-state index is 7.38. The topological polar surface area (TPSA) is 81.2 Å². The fraction of sp³-hybridized carbons (Fsp3) is 0.500. The Morgan fingerprint density at radius 2 is 2.24 bits per heavy atom. The van der Waals surface area contributed by atoms with Crippen molar-refractivity contribution in [1.29, 1.82) is 5.41 Å². The minimum atomic E-state index is -0.0452. The lowest BCUT2D eigenvalue weighted by Crippen LogP contribution is -2.16. The third-order valence-electron chi connectivity index (χ3n) is 1.98. The second kappa shape index (κ2) is 6.85. The highest BCUT2D eigenvalue weighted by molar-refractivity contribution is 5.96. The smallest absolute Gasteiger partial charge is 0.224 e. The molecule has 1 aromatic heterocycles. The first-order chi connectivity index (χ1) is 8.11. The second-order valence-corrected chi connectivity index (χ2v) is 4.09. The molecule has 1 rings (SSSR count). The number of pyridine rings is 1. The Labute approximate surface area is 101 Å². The van der Waals surface area contributed by atoms with E-state index in [1.165, 1.54) is 0 Å². The van der Waals surface area contributed by atoms with Gasteiger partial charge in [0.1, 0.15) is 12.4 Å². The maximum Gasteiger partial charge on any atom is 0.224 e. The van der Waals surface area contributed by atoms with Gasteiger partial charge in [-0.05, 0) is 18.1 Å². The minimum absolute atomic E-state index is 0.0452. The lowest BCUT2D eigenvalue weighted by Gasteiger charge is -2.10. The van der Waals surface area contributed by atoms with Crippen LogP contribution in [0.2, 0.25) is 0 Å². The van der Waals surface area contributed by atoms with Crippen LogP contribution >= 0.6 is 0 Å². The van der Waals surface area contributed by atoms with Gasteiger partial charge in [0.15, 0.2) is 0 Å². The van der Waals surface area contributed by atoms with Crippen LogP contribution in [0.3, 0.4) is 0 Å². The predicted molar refractivity (Wildman–Crippen MR) is 66.4 cm³/mol. The molecule has 0 amide bonds. The molecular weight excluding hydrogens is 218 g/mol. The van der Waals surface area contributed by atoms with Gasteiger partial charge in [-0.15, -0.1) is 0 Å². The second-order valence-electron chi connectivity index (χ2n) is 4.09. The van der Waals surface area contributed by atoms with Crippen molar-refractivity contribution in [3.63, 3.8) is 0 Å². The predicted octanol–water partition coefficient (Wildman–Crippen LogP) is 1.42. The van der Waals surface area contributed by atoms with E-state index in [2.05, 4.69) is 18.8 Å². The van der Waals surface area contributed by atoms with E-state index < -0.39 is 0 Å². The van der Waals surface area contributed by atoms with Crippen LogP contribution < -0.4 is 10.5 Å². The van der Waals surface area contributed by atoms with E-state index in [0.717, 1.165) is 0 Å². The zero-order valence-corrected chi connectivity index (χ0v) is 10.3. The summed E-state index contributed by atoms with van der Waals surface area (Å²) in [5.41, 5.74) is 5.93. The molecule has 0 bridgehead atoms. The van der Waals surface area contributed by atoms with Crippen LogP contribution in [0.25, 0.3) is 0 Å². The zero-order valence-electron chi connectivity index (χ0n) is 10.3. The summed E-state index contributed by atoms with van der Waals surface area (Å²) in [5, 5.41) is 7.38. The Morgan fingerprint density at radius 3 is 2.88 bits per heavy atom. The first-order valence-electron chi connectivity index (χ1n) is 5.61. The van der Waals surface area contributed by atoms with Gasteiger partial charge in [0.2, 0.25) is 5.88 Å². The molecule has 3 N–H and O–H groups in total. The lowest BCUT2D eigenvalue weighted by atomic mass is 10.2. The highest BCUT2D eigenvalue weighted by atomic mass is 16.5. The molecule has 5 heteroatoms. The van der Waals surface area contributed by atoms with E-state index in [4.69, 9.17) is 20.6 Å². The van der Waals surface area contributed by atoms with Gasteiger partial charge in [0.25, 0.3) is 0 Å². The molecule has 0 atom stereocenters. The first kappa shape index (κ1) is 13.4. The Balaban J connectivity index is 2.39. The summed E-state index contributed by atoms with van der Waals surface area (Å²) in [7, 11) is 0. The summed E-state index contributed by atoms with van der Waals surface area (Å²) in [6.07, 6.45) is 1.61. The Kier molecular flexibility index (Phi) is 5.42. The monoisotopic (exact) mass is 237 g/mol. The third-order valence-corrected chi connectivity index (χ3v) is 1.98. The number of amidine groups is 1. The molecule has 0 saturated heterocycles. The summed E-state index contributed by atoms with van der Waals surface area (Å²) in [4.78, 5) is 4.03. The van der Waals surface area contributed by atoms with Crippen molar-refractivity contribution in [2.75, 3.05) is 19.8 Å². The molecular formula is C12H19N3O2. The third kappa shape index (κ3) is 4.82. The van der Waals surface area contributed by atoms with Crippen LogP contribution in [0.5, 0.6) is 5.88 Å². The summed E-state index contributed by atoms with van der Waals surface area (Å²) < 4.78 is 10.8. The van der Waals surface area contributed by atoms with Gasteiger partial charge < -0.3 is 15.2 Å². The molecule has 0 fully saturated rings. The summed E-state index contributed by atoms with van der Waals surface area (Å²) >= 11 is 0. The average molecular weight is 237 g/mol. The van der Waals surface area contributed by atoms with Crippen LogP contribution in [0.1, 0.15) is 19.4 Å². The molecule has 0 radical (unpaired) electrons. The van der Waals surface area contributed by atoms with Gasteiger partial charge in [-0.1, -0.05) is 13.8 Å².